The summed E-state index contributed by atoms with van der Waals surface area (Å²) >= 11 is 1.42. The first kappa shape index (κ1) is 28.7. The molecular weight excluding hydrogens is 459 g/mol. The molecule has 2 aromatic heterocycles. The predicted octanol–water partition coefficient (Wildman–Crippen LogP) is -7.23. The Morgan fingerprint density at radius 1 is 1.33 bits per heavy atom. The van der Waals surface area contributed by atoms with E-state index in [9.17, 15) is 24.6 Å². The molecule has 16 heteroatoms. The molecule has 1 aliphatic rings. The Morgan fingerprint density at radius 3 is 2.67 bits per heavy atom. The fourth-order valence-corrected chi connectivity index (χ4v) is 4.00. The summed E-state index contributed by atoms with van der Waals surface area (Å²) in [6, 6.07) is 0. The molecule has 0 saturated carbocycles. The average molecular weight is 479 g/mol. The van der Waals surface area contributed by atoms with Crippen molar-refractivity contribution >= 4 is 36.6 Å². The molecule has 3 rings (SSSR count). The first-order valence-corrected chi connectivity index (χ1v) is 11.0. The number of thioether (sulfide) groups is 1. The van der Waals surface area contributed by atoms with Gasteiger partial charge in [0.05, 0.1) is 20.8 Å². The maximum atomic E-state index is 10.6. The maximum absolute atomic E-state index is 10.6. The summed E-state index contributed by atoms with van der Waals surface area (Å²) in [5.74, 6) is 0.968. The molecule has 3 heterocycles. The second-order valence-corrected chi connectivity index (χ2v) is 8.42. The van der Waals surface area contributed by atoms with Gasteiger partial charge in [0, 0.05) is 5.75 Å². The van der Waals surface area contributed by atoms with Crippen molar-refractivity contribution in [1.82, 2.24) is 19.5 Å². The minimum atomic E-state index is -5.24. The summed E-state index contributed by atoms with van der Waals surface area (Å²) in [5, 5.41) is 20.9. The minimum Gasteiger partial charge on any atom is -0.790 e. The molecule has 0 aromatic carbocycles. The number of nitrogens with zero attached hydrogens (tertiary/aromatic N) is 4. The van der Waals surface area contributed by atoms with E-state index in [4.69, 9.17) is 10.5 Å². The number of imidazole rings is 1. The molecule has 1 fully saturated rings. The van der Waals surface area contributed by atoms with Gasteiger partial charge in [0.25, 0.3) is 0 Å². The second kappa shape index (κ2) is 12.2. The summed E-state index contributed by atoms with van der Waals surface area (Å²) in [7, 11) is -5.24. The van der Waals surface area contributed by atoms with Crippen LogP contribution in [0.3, 0.4) is 0 Å². The molecule has 0 amide bonds. The number of hydrogen-bond donors (Lipinski definition) is 3. The van der Waals surface area contributed by atoms with E-state index in [2.05, 4.69) is 26.4 Å². The molecule has 0 radical (unpaired) electrons. The zero-order chi connectivity index (χ0) is 20.5. The molecule has 4 atom stereocenters. The Morgan fingerprint density at radius 2 is 2.03 bits per heavy atom. The van der Waals surface area contributed by atoms with E-state index in [0.29, 0.717) is 16.3 Å². The molecule has 0 bridgehead atoms. The fraction of sp³-hybridized carbons (Fsp3) is 0.643. The van der Waals surface area contributed by atoms with Crippen LogP contribution < -0.4 is 74.6 Å². The summed E-state index contributed by atoms with van der Waals surface area (Å²) in [4.78, 5) is 34.0. The SMILES string of the molecule is CCCCSc1nc(N)c2ncn(C3O[C@H](COP(=O)([O-])[O-])[C@@H](O)[C@H]3O)c2n1.[Na+].[Na+]. The van der Waals surface area contributed by atoms with Gasteiger partial charge >= 0.3 is 59.1 Å². The number of fused-ring (bicyclic) bond motifs is 1. The van der Waals surface area contributed by atoms with Gasteiger partial charge in [0.2, 0.25) is 0 Å². The van der Waals surface area contributed by atoms with Crippen LogP contribution in [0.4, 0.5) is 5.82 Å². The number of hydrogen-bond acceptors (Lipinski definition) is 12. The molecular formula is C14H20N5Na2O7PS. The largest absolute Gasteiger partial charge is 1.00 e. The smallest absolute Gasteiger partial charge is 0.790 e. The van der Waals surface area contributed by atoms with Crippen LogP contribution in [-0.4, -0.2) is 60.4 Å². The van der Waals surface area contributed by atoms with E-state index in [1.807, 2.05) is 0 Å². The molecule has 0 aliphatic carbocycles. The molecule has 1 saturated heterocycles. The number of phosphoric acid groups is 1. The molecule has 156 valence electrons. The monoisotopic (exact) mass is 479 g/mol. The van der Waals surface area contributed by atoms with Crippen LogP contribution in [-0.2, 0) is 13.8 Å². The maximum Gasteiger partial charge on any atom is 1.00 e. The summed E-state index contributed by atoms with van der Waals surface area (Å²) in [5.41, 5.74) is 6.54. The molecule has 30 heavy (non-hydrogen) atoms. The van der Waals surface area contributed by atoms with Crippen molar-refractivity contribution in [2.24, 2.45) is 0 Å². The van der Waals surface area contributed by atoms with Gasteiger partial charge in [-0.2, -0.15) is 0 Å². The van der Waals surface area contributed by atoms with Crippen molar-refractivity contribution < 1.29 is 92.9 Å². The Hall–Kier alpha value is 0.690. The van der Waals surface area contributed by atoms with E-state index in [0.717, 1.165) is 18.6 Å². The summed E-state index contributed by atoms with van der Waals surface area (Å²) in [6.07, 6.45) is -1.95. The van der Waals surface area contributed by atoms with Crippen molar-refractivity contribution in [2.75, 3.05) is 18.1 Å². The predicted molar refractivity (Wildman–Crippen MR) is 94.8 cm³/mol. The molecule has 1 unspecified atom stereocenters. The number of nitrogen functional groups attached to an aromatic ring is 1. The standard InChI is InChI=1S/C14H22N5O7PS.2Na/c1-2-3-4-28-14-17-11(15)8-12(18-14)19(6-16-8)13-10(21)9(20)7(26-13)5-25-27(22,23)24;;/h6-7,9-10,13,20-21H,2-5H2,1H3,(H2,15,17,18)(H2,22,23,24);;/q;2*+1/p-2/t7-,9-,10-,13?;;/m1../s1. The number of anilines is 1. The van der Waals surface area contributed by atoms with Gasteiger partial charge in [0.1, 0.15) is 23.8 Å². The third-order valence-corrected chi connectivity index (χ3v) is 5.56. The van der Waals surface area contributed by atoms with Crippen LogP contribution >= 0.6 is 19.6 Å². The number of aliphatic hydroxyl groups excluding tert-OH is 2. The van der Waals surface area contributed by atoms with E-state index < -0.39 is 39.0 Å². The second-order valence-electron chi connectivity index (χ2n) is 6.21. The average Bonchev–Trinajstić information content (AvgIpc) is 3.15. The summed E-state index contributed by atoms with van der Waals surface area (Å²) < 4.78 is 21.7. The van der Waals surface area contributed by atoms with Gasteiger partial charge in [-0.05, 0) is 6.42 Å². The molecule has 0 spiro atoms. The van der Waals surface area contributed by atoms with E-state index in [1.165, 1.54) is 22.7 Å². The Bertz CT molecular complexity index is 888. The Kier molecular flexibility index (Phi) is 11.7. The van der Waals surface area contributed by atoms with Crippen molar-refractivity contribution in [3.8, 4) is 0 Å². The first-order valence-electron chi connectivity index (χ1n) is 8.52. The topological polar surface area (TPSA) is 192 Å². The van der Waals surface area contributed by atoms with Crippen molar-refractivity contribution in [3.05, 3.63) is 6.33 Å². The quantitative estimate of drug-likeness (QED) is 0.107. The van der Waals surface area contributed by atoms with Gasteiger partial charge in [-0.3, -0.25) is 4.57 Å². The van der Waals surface area contributed by atoms with Gasteiger partial charge in [-0.1, -0.05) is 25.1 Å². The number of aliphatic hydroxyl groups is 2. The summed E-state index contributed by atoms with van der Waals surface area (Å²) in [6.45, 7) is 1.35. The van der Waals surface area contributed by atoms with Crippen molar-refractivity contribution in [2.45, 2.75) is 49.5 Å². The van der Waals surface area contributed by atoms with Gasteiger partial charge in [-0.15, -0.1) is 0 Å². The number of phosphoric ester groups is 1. The van der Waals surface area contributed by atoms with E-state index in [1.54, 1.807) is 0 Å². The number of ether oxygens (including phenoxy) is 1. The minimum absolute atomic E-state index is 0. The number of nitrogens with two attached hydrogens (primary N) is 1. The number of aromatic nitrogens is 4. The number of unbranched alkanes of at least 4 members (excludes halogenated alkanes) is 1. The van der Waals surface area contributed by atoms with Gasteiger partial charge < -0.3 is 39.6 Å². The Balaban J connectivity index is 0.00000225. The van der Waals surface area contributed by atoms with Gasteiger partial charge in [-0.25, -0.2) is 15.0 Å². The fourth-order valence-electron chi connectivity index (χ4n) is 2.74. The van der Waals surface area contributed by atoms with Crippen molar-refractivity contribution in [3.63, 3.8) is 0 Å². The van der Waals surface area contributed by atoms with E-state index >= 15 is 0 Å². The van der Waals surface area contributed by atoms with E-state index in [-0.39, 0.29) is 64.9 Å². The zero-order valence-electron chi connectivity index (χ0n) is 16.9. The molecule has 12 nitrogen and oxygen atoms in total. The van der Waals surface area contributed by atoms with Crippen LogP contribution in [0.25, 0.3) is 11.2 Å². The molecule has 1 aliphatic heterocycles. The van der Waals surface area contributed by atoms with Crippen molar-refractivity contribution in [1.29, 1.82) is 0 Å². The third-order valence-electron chi connectivity index (χ3n) is 4.17. The normalized spacial score (nSPS) is 23.9. The molecule has 2 aromatic rings. The third kappa shape index (κ3) is 6.84. The van der Waals surface area contributed by atoms with Crippen LogP contribution in [0.15, 0.2) is 11.5 Å². The van der Waals surface area contributed by atoms with Crippen LogP contribution in [0.1, 0.15) is 26.0 Å². The zero-order valence-corrected chi connectivity index (χ0v) is 22.6. The first-order chi connectivity index (χ1) is 13.2. The van der Waals surface area contributed by atoms with Gasteiger partial charge in [0.15, 0.2) is 22.8 Å². The van der Waals surface area contributed by atoms with Crippen LogP contribution in [0.2, 0.25) is 0 Å². The van der Waals surface area contributed by atoms with Crippen LogP contribution in [0.5, 0.6) is 0 Å². The van der Waals surface area contributed by atoms with Crippen LogP contribution in [0, 0.1) is 0 Å². The Labute approximate surface area is 221 Å². The number of rotatable bonds is 8. The molecule has 4 N–H and O–H groups in total.